The summed E-state index contributed by atoms with van der Waals surface area (Å²) in [7, 11) is 0. The maximum Gasteiger partial charge on any atom is 0.257 e. The van der Waals surface area contributed by atoms with Gasteiger partial charge in [0.15, 0.2) is 0 Å². The minimum atomic E-state index is 0.0740. The van der Waals surface area contributed by atoms with Crippen molar-refractivity contribution in [3.63, 3.8) is 0 Å². The zero-order chi connectivity index (χ0) is 21.5. The molecule has 0 radical (unpaired) electrons. The third-order valence-electron chi connectivity index (χ3n) is 6.31. The number of nitrogens with zero attached hydrogens (tertiary/aromatic N) is 4. The molecule has 0 aliphatic carbocycles. The second-order valence-corrected chi connectivity index (χ2v) is 8.32. The first kappa shape index (κ1) is 18.8. The molecule has 1 aromatic carbocycles. The molecule has 5 heterocycles. The largest absolute Gasteiger partial charge is 0.345 e. The van der Waals surface area contributed by atoms with Crippen molar-refractivity contribution in [2.75, 3.05) is 13.1 Å². The van der Waals surface area contributed by atoms with E-state index >= 15 is 0 Å². The first-order valence-corrected chi connectivity index (χ1v) is 11.1. The lowest BCUT2D eigenvalue weighted by atomic mass is 10.0. The molecule has 0 unspecified atom stereocenters. The Morgan fingerprint density at radius 2 is 1.78 bits per heavy atom. The van der Waals surface area contributed by atoms with Crippen molar-refractivity contribution < 1.29 is 4.79 Å². The van der Waals surface area contributed by atoms with Crippen molar-refractivity contribution in [1.29, 1.82) is 0 Å². The number of likely N-dealkylation sites (tertiary alicyclic amines) is 1. The number of aromatic amines is 1. The fourth-order valence-electron chi connectivity index (χ4n) is 4.59. The number of H-pyrrole nitrogens is 1. The Labute approximate surface area is 185 Å². The minimum absolute atomic E-state index is 0.0740. The van der Waals surface area contributed by atoms with Crippen LogP contribution in [0.3, 0.4) is 0 Å². The highest BCUT2D eigenvalue weighted by Gasteiger charge is 2.22. The van der Waals surface area contributed by atoms with Gasteiger partial charge in [-0.2, -0.15) is 5.10 Å². The first-order valence-electron chi connectivity index (χ1n) is 11.1. The number of nitrogens with one attached hydrogen (secondary N) is 1. The number of carbonyl (C=O) groups is 1. The smallest absolute Gasteiger partial charge is 0.257 e. The highest BCUT2D eigenvalue weighted by molar-refractivity contribution is 6.02. The molecule has 32 heavy (non-hydrogen) atoms. The number of fused-ring (bicyclic) bond motifs is 2. The molecule has 0 bridgehead atoms. The van der Waals surface area contributed by atoms with Crippen LogP contribution in [-0.4, -0.2) is 43.5 Å². The van der Waals surface area contributed by atoms with Crippen LogP contribution in [0.4, 0.5) is 0 Å². The summed E-state index contributed by atoms with van der Waals surface area (Å²) in [5.74, 6) is 0.0740. The molecule has 1 fully saturated rings. The number of hydrogen-bond acceptors (Lipinski definition) is 3. The molecule has 1 amide bonds. The normalized spacial score (nSPS) is 14.3. The number of carbonyl (C=O) groups excluding carboxylic acids is 1. The van der Waals surface area contributed by atoms with Crippen LogP contribution in [0.15, 0.2) is 73.2 Å². The molecule has 1 N–H and O–H groups in total. The number of amides is 1. The summed E-state index contributed by atoms with van der Waals surface area (Å²) < 4.78 is 1.78. The van der Waals surface area contributed by atoms with Crippen LogP contribution in [0.1, 0.15) is 29.6 Å². The van der Waals surface area contributed by atoms with Crippen LogP contribution in [0.2, 0.25) is 0 Å². The van der Waals surface area contributed by atoms with Crippen molar-refractivity contribution in [1.82, 2.24) is 24.5 Å². The maximum atomic E-state index is 13.1. The summed E-state index contributed by atoms with van der Waals surface area (Å²) in [6.07, 6.45) is 8.94. The Hall–Kier alpha value is -3.93. The van der Waals surface area contributed by atoms with Crippen molar-refractivity contribution in [3.05, 3.63) is 78.8 Å². The summed E-state index contributed by atoms with van der Waals surface area (Å²) in [5.41, 5.74) is 6.47. The Kier molecular flexibility index (Phi) is 4.49. The van der Waals surface area contributed by atoms with E-state index in [1.165, 1.54) is 6.42 Å². The van der Waals surface area contributed by atoms with E-state index in [1.54, 1.807) is 10.7 Å². The van der Waals surface area contributed by atoms with Gasteiger partial charge in [-0.1, -0.05) is 30.3 Å². The van der Waals surface area contributed by atoms with Gasteiger partial charge >= 0.3 is 0 Å². The number of benzene rings is 1. The number of hydrogen-bond donors (Lipinski definition) is 1. The lowest BCUT2D eigenvalue weighted by Crippen LogP contribution is -2.35. The van der Waals surface area contributed by atoms with Crippen LogP contribution in [0.5, 0.6) is 0 Å². The molecule has 6 nitrogen and oxygen atoms in total. The van der Waals surface area contributed by atoms with Gasteiger partial charge < -0.3 is 9.88 Å². The summed E-state index contributed by atoms with van der Waals surface area (Å²) in [4.78, 5) is 23.2. The first-order chi connectivity index (χ1) is 15.8. The van der Waals surface area contributed by atoms with Crippen LogP contribution in [-0.2, 0) is 0 Å². The third-order valence-corrected chi connectivity index (χ3v) is 6.31. The zero-order valence-electron chi connectivity index (χ0n) is 17.7. The summed E-state index contributed by atoms with van der Waals surface area (Å²) in [5, 5.41) is 5.47. The molecule has 1 aliphatic rings. The topological polar surface area (TPSA) is 66.3 Å². The quantitative estimate of drug-likeness (QED) is 0.437. The second kappa shape index (κ2) is 7.64. The van der Waals surface area contributed by atoms with Crippen LogP contribution in [0.25, 0.3) is 38.9 Å². The van der Waals surface area contributed by atoms with E-state index in [-0.39, 0.29) is 5.91 Å². The molecular formula is C26H23N5O. The number of aromatic nitrogens is 4. The molecule has 6 heteroatoms. The van der Waals surface area contributed by atoms with Gasteiger partial charge in [-0.3, -0.25) is 4.79 Å². The fourth-order valence-corrected chi connectivity index (χ4v) is 4.59. The predicted molar refractivity (Wildman–Crippen MR) is 125 cm³/mol. The lowest BCUT2D eigenvalue weighted by Gasteiger charge is -2.26. The van der Waals surface area contributed by atoms with E-state index in [9.17, 15) is 4.79 Å². The van der Waals surface area contributed by atoms with Crippen molar-refractivity contribution in [2.45, 2.75) is 19.3 Å². The van der Waals surface area contributed by atoms with Gasteiger partial charge in [-0.05, 0) is 49.1 Å². The molecule has 5 aromatic rings. The van der Waals surface area contributed by atoms with E-state index in [2.05, 4.69) is 40.4 Å². The fraction of sp³-hybridized carbons (Fsp3) is 0.192. The number of piperidine rings is 1. The second-order valence-electron chi connectivity index (χ2n) is 8.32. The van der Waals surface area contributed by atoms with Crippen LogP contribution >= 0.6 is 0 Å². The predicted octanol–water partition coefficient (Wildman–Crippen LogP) is 5.17. The molecule has 1 aliphatic heterocycles. The Bertz CT molecular complexity index is 1430. The number of pyridine rings is 2. The van der Waals surface area contributed by atoms with Crippen molar-refractivity contribution in [2.24, 2.45) is 0 Å². The van der Waals surface area contributed by atoms with Gasteiger partial charge in [-0.15, -0.1) is 0 Å². The van der Waals surface area contributed by atoms with Crippen LogP contribution < -0.4 is 0 Å². The van der Waals surface area contributed by atoms with E-state index in [0.29, 0.717) is 5.56 Å². The SMILES string of the molecule is O=C(c1cnn2ccc(-c3c[nH]c4nc(-c5ccccc5)ccc34)cc12)N1CCCCC1. The molecule has 1 saturated heterocycles. The van der Waals surface area contributed by atoms with Gasteiger partial charge in [0.1, 0.15) is 5.65 Å². The summed E-state index contributed by atoms with van der Waals surface area (Å²) >= 11 is 0. The van der Waals surface area contributed by atoms with E-state index in [0.717, 1.165) is 64.9 Å². The van der Waals surface area contributed by atoms with E-state index < -0.39 is 0 Å². The van der Waals surface area contributed by atoms with Gasteiger partial charge in [-0.25, -0.2) is 9.50 Å². The standard InChI is InChI=1S/C26H23N5O/c32-26(30-12-5-2-6-13-30)22-17-28-31-14-11-19(15-24(22)31)21-16-27-25-20(21)9-10-23(29-25)18-7-3-1-4-8-18/h1,3-4,7-11,14-17H,2,5-6,12-13H2,(H,27,29). The highest BCUT2D eigenvalue weighted by Crippen LogP contribution is 2.31. The molecule has 158 valence electrons. The Balaban J connectivity index is 1.39. The molecular weight excluding hydrogens is 398 g/mol. The zero-order valence-corrected chi connectivity index (χ0v) is 17.7. The van der Waals surface area contributed by atoms with E-state index in [4.69, 9.17) is 4.98 Å². The Morgan fingerprint density at radius 3 is 2.62 bits per heavy atom. The van der Waals surface area contributed by atoms with Gasteiger partial charge in [0.25, 0.3) is 5.91 Å². The van der Waals surface area contributed by atoms with Gasteiger partial charge in [0.05, 0.1) is 23.0 Å². The van der Waals surface area contributed by atoms with Crippen molar-refractivity contribution >= 4 is 22.5 Å². The van der Waals surface area contributed by atoms with Gasteiger partial charge in [0, 0.05) is 42.0 Å². The van der Waals surface area contributed by atoms with Gasteiger partial charge in [0.2, 0.25) is 0 Å². The average Bonchev–Trinajstić information content (AvgIpc) is 3.48. The average molecular weight is 422 g/mol. The lowest BCUT2D eigenvalue weighted by molar-refractivity contribution is 0.0726. The minimum Gasteiger partial charge on any atom is -0.345 e. The van der Waals surface area contributed by atoms with Crippen LogP contribution in [0, 0.1) is 0 Å². The van der Waals surface area contributed by atoms with Crippen molar-refractivity contribution in [3.8, 4) is 22.4 Å². The molecule has 0 spiro atoms. The van der Waals surface area contributed by atoms with E-state index in [1.807, 2.05) is 41.6 Å². The maximum absolute atomic E-state index is 13.1. The summed E-state index contributed by atoms with van der Waals surface area (Å²) in [6.45, 7) is 1.65. The molecule has 6 rings (SSSR count). The third kappa shape index (κ3) is 3.15. The highest BCUT2D eigenvalue weighted by atomic mass is 16.2. The molecule has 4 aromatic heterocycles. The molecule has 0 saturated carbocycles. The Morgan fingerprint density at radius 1 is 0.938 bits per heavy atom. The number of rotatable bonds is 3. The monoisotopic (exact) mass is 421 g/mol. The summed E-state index contributed by atoms with van der Waals surface area (Å²) in [6, 6.07) is 18.4. The molecule has 0 atom stereocenters.